The number of para-hydroxylation sites is 1. The molecule has 0 heterocycles. The summed E-state index contributed by atoms with van der Waals surface area (Å²) in [5, 5.41) is 21.2. The van der Waals surface area contributed by atoms with E-state index in [-0.39, 0.29) is 0 Å². The average Bonchev–Trinajstić information content (AvgIpc) is 2.49. The van der Waals surface area contributed by atoms with E-state index in [4.69, 9.17) is 15.3 Å². The van der Waals surface area contributed by atoms with Gasteiger partial charge in [-0.25, -0.2) is 0 Å². The van der Waals surface area contributed by atoms with E-state index in [9.17, 15) is 0 Å². The number of halogens is 1. The topological polar surface area (TPSA) is 68.8 Å². The van der Waals surface area contributed by atoms with Gasteiger partial charge in [0.05, 0.1) is 35.7 Å². The second-order valence-corrected chi connectivity index (χ2v) is 4.78. The Morgan fingerprint density at radius 1 is 1.15 bits per heavy atom. The number of ether oxygens (including phenoxy) is 1. The Kier molecular flexibility index (Phi) is 4.24. The minimum absolute atomic E-state index is 0.487. The van der Waals surface area contributed by atoms with Gasteiger partial charge >= 0.3 is 0 Å². The number of nitrogens with one attached hydrogen (secondary N) is 1. The van der Waals surface area contributed by atoms with Crippen LogP contribution in [0.15, 0.2) is 40.9 Å². The third-order valence-electron chi connectivity index (χ3n) is 2.72. The van der Waals surface area contributed by atoms with Crippen molar-refractivity contribution in [2.45, 2.75) is 0 Å². The van der Waals surface area contributed by atoms with E-state index < -0.39 is 0 Å². The molecular formula is C15H10BrN3O. The predicted molar refractivity (Wildman–Crippen MR) is 79.8 cm³/mol. The third kappa shape index (κ3) is 2.74. The van der Waals surface area contributed by atoms with E-state index in [1.807, 2.05) is 0 Å². The Bertz CT molecular complexity index is 729. The molecule has 2 aromatic carbocycles. The highest BCUT2D eigenvalue weighted by Crippen LogP contribution is 2.34. The van der Waals surface area contributed by atoms with Crippen molar-refractivity contribution in [2.24, 2.45) is 0 Å². The van der Waals surface area contributed by atoms with Crippen LogP contribution in [-0.4, -0.2) is 7.11 Å². The average molecular weight is 328 g/mol. The van der Waals surface area contributed by atoms with Crippen LogP contribution < -0.4 is 10.1 Å². The smallest absolute Gasteiger partial charge is 0.143 e. The van der Waals surface area contributed by atoms with Gasteiger partial charge in [-0.1, -0.05) is 6.07 Å². The Morgan fingerprint density at radius 2 is 1.95 bits per heavy atom. The van der Waals surface area contributed by atoms with Crippen LogP contribution >= 0.6 is 15.9 Å². The van der Waals surface area contributed by atoms with Gasteiger partial charge in [-0.05, 0) is 46.3 Å². The molecule has 20 heavy (non-hydrogen) atoms. The number of hydrogen-bond donors (Lipinski definition) is 1. The Balaban J connectivity index is 2.45. The van der Waals surface area contributed by atoms with Crippen molar-refractivity contribution >= 4 is 27.3 Å². The molecule has 0 fully saturated rings. The van der Waals surface area contributed by atoms with Gasteiger partial charge in [-0.3, -0.25) is 0 Å². The number of methoxy groups -OCH3 is 1. The monoisotopic (exact) mass is 327 g/mol. The molecule has 0 aromatic heterocycles. The summed E-state index contributed by atoms with van der Waals surface area (Å²) < 4.78 is 6.01. The van der Waals surface area contributed by atoms with E-state index in [1.54, 1.807) is 43.5 Å². The van der Waals surface area contributed by atoms with Gasteiger partial charge in [0.25, 0.3) is 0 Å². The van der Waals surface area contributed by atoms with E-state index in [0.29, 0.717) is 22.6 Å². The molecule has 0 saturated heterocycles. The van der Waals surface area contributed by atoms with Crippen LogP contribution in [0.25, 0.3) is 0 Å². The normalized spacial score (nSPS) is 9.40. The molecule has 0 atom stereocenters. The molecule has 0 radical (unpaired) electrons. The van der Waals surface area contributed by atoms with Crippen molar-refractivity contribution in [1.82, 2.24) is 0 Å². The lowest BCUT2D eigenvalue weighted by molar-refractivity contribution is 0.416. The number of benzene rings is 2. The molecule has 0 spiro atoms. The summed E-state index contributed by atoms with van der Waals surface area (Å²) in [4.78, 5) is 0. The molecule has 0 unspecified atom stereocenters. The second kappa shape index (κ2) is 6.10. The van der Waals surface area contributed by atoms with Crippen molar-refractivity contribution in [3.05, 3.63) is 52.0 Å². The summed E-state index contributed by atoms with van der Waals surface area (Å²) in [6.45, 7) is 0. The predicted octanol–water partition coefficient (Wildman–Crippen LogP) is 3.94. The van der Waals surface area contributed by atoms with Crippen LogP contribution in [0.1, 0.15) is 11.1 Å². The fraction of sp³-hybridized carbons (Fsp3) is 0.0667. The van der Waals surface area contributed by atoms with E-state index in [2.05, 4.69) is 33.4 Å². The summed E-state index contributed by atoms with van der Waals surface area (Å²) in [6.07, 6.45) is 0. The molecule has 0 aliphatic rings. The van der Waals surface area contributed by atoms with Gasteiger partial charge in [-0.2, -0.15) is 10.5 Å². The van der Waals surface area contributed by atoms with Crippen LogP contribution in [0.5, 0.6) is 5.75 Å². The zero-order valence-electron chi connectivity index (χ0n) is 10.6. The Morgan fingerprint density at radius 3 is 2.55 bits per heavy atom. The van der Waals surface area contributed by atoms with Gasteiger partial charge in [0.1, 0.15) is 11.8 Å². The quantitative estimate of drug-likeness (QED) is 0.926. The van der Waals surface area contributed by atoms with Crippen molar-refractivity contribution in [3.63, 3.8) is 0 Å². The highest BCUT2D eigenvalue weighted by Gasteiger charge is 2.10. The van der Waals surface area contributed by atoms with Gasteiger partial charge in [-0.15, -0.1) is 0 Å². The number of nitrogens with zero attached hydrogens (tertiary/aromatic N) is 2. The Labute approximate surface area is 125 Å². The number of hydrogen-bond acceptors (Lipinski definition) is 4. The molecule has 4 nitrogen and oxygen atoms in total. The van der Waals surface area contributed by atoms with Crippen molar-refractivity contribution in [3.8, 4) is 17.9 Å². The highest BCUT2D eigenvalue weighted by atomic mass is 79.9. The molecule has 2 rings (SSSR count). The lowest BCUT2D eigenvalue weighted by Gasteiger charge is -2.13. The van der Waals surface area contributed by atoms with Gasteiger partial charge in [0.2, 0.25) is 0 Å². The first-order valence-electron chi connectivity index (χ1n) is 5.73. The van der Waals surface area contributed by atoms with Gasteiger partial charge in [0.15, 0.2) is 0 Å². The molecule has 0 aliphatic heterocycles. The fourth-order valence-corrected chi connectivity index (χ4v) is 2.22. The summed E-state index contributed by atoms with van der Waals surface area (Å²) in [5.41, 5.74) is 2.40. The molecule has 0 bridgehead atoms. The molecule has 0 aliphatic carbocycles. The first-order valence-corrected chi connectivity index (χ1v) is 6.52. The zero-order valence-corrected chi connectivity index (χ0v) is 12.2. The van der Waals surface area contributed by atoms with Crippen LogP contribution in [-0.2, 0) is 0 Å². The molecule has 98 valence electrons. The molecule has 5 heteroatoms. The molecule has 0 amide bonds. The first kappa shape index (κ1) is 13.9. The van der Waals surface area contributed by atoms with Crippen molar-refractivity contribution in [2.75, 3.05) is 12.4 Å². The molecule has 2 aromatic rings. The zero-order chi connectivity index (χ0) is 14.5. The summed E-state index contributed by atoms with van der Waals surface area (Å²) >= 11 is 3.40. The van der Waals surface area contributed by atoms with Gasteiger partial charge in [0, 0.05) is 4.47 Å². The number of rotatable bonds is 3. The van der Waals surface area contributed by atoms with Crippen LogP contribution in [0.3, 0.4) is 0 Å². The first-order chi connectivity index (χ1) is 9.69. The highest BCUT2D eigenvalue weighted by molar-refractivity contribution is 9.10. The summed E-state index contributed by atoms with van der Waals surface area (Å²) in [7, 11) is 1.55. The SMILES string of the molecule is COc1cccc(C#N)c1Nc1ccc(C#N)cc1Br. The van der Waals surface area contributed by atoms with E-state index in [1.165, 1.54) is 0 Å². The summed E-state index contributed by atoms with van der Waals surface area (Å²) in [5.74, 6) is 0.584. The summed E-state index contributed by atoms with van der Waals surface area (Å²) in [6, 6.07) is 14.6. The largest absolute Gasteiger partial charge is 0.495 e. The second-order valence-electron chi connectivity index (χ2n) is 3.93. The van der Waals surface area contributed by atoms with Crippen LogP contribution in [0, 0.1) is 22.7 Å². The van der Waals surface area contributed by atoms with Crippen molar-refractivity contribution in [1.29, 1.82) is 10.5 Å². The lowest BCUT2D eigenvalue weighted by Crippen LogP contribution is -1.98. The maximum absolute atomic E-state index is 9.17. The molecule has 1 N–H and O–H groups in total. The van der Waals surface area contributed by atoms with E-state index in [0.717, 1.165) is 10.2 Å². The van der Waals surface area contributed by atoms with Crippen molar-refractivity contribution < 1.29 is 4.74 Å². The van der Waals surface area contributed by atoms with Crippen LogP contribution in [0.2, 0.25) is 0 Å². The maximum Gasteiger partial charge on any atom is 0.143 e. The van der Waals surface area contributed by atoms with Crippen LogP contribution in [0.4, 0.5) is 11.4 Å². The lowest BCUT2D eigenvalue weighted by atomic mass is 10.1. The van der Waals surface area contributed by atoms with E-state index >= 15 is 0 Å². The molecule has 0 saturated carbocycles. The minimum Gasteiger partial charge on any atom is -0.495 e. The maximum atomic E-state index is 9.17. The third-order valence-corrected chi connectivity index (χ3v) is 3.38. The number of nitriles is 2. The van der Waals surface area contributed by atoms with Gasteiger partial charge < -0.3 is 10.1 Å². The fourth-order valence-electron chi connectivity index (χ4n) is 1.74. The minimum atomic E-state index is 0.487. The molecular weight excluding hydrogens is 318 g/mol. The Hall–Kier alpha value is -2.50. The standard InChI is InChI=1S/C15H10BrN3O/c1-20-14-4-2-3-11(9-18)15(14)19-13-6-5-10(8-17)7-12(13)16/h2-7,19H,1H3. The number of anilines is 2.